The van der Waals surface area contributed by atoms with Crippen molar-refractivity contribution in [2.45, 2.75) is 6.54 Å². The van der Waals surface area contributed by atoms with Gasteiger partial charge in [0.1, 0.15) is 11.5 Å². The number of nitro benzene ring substituents is 1. The molecule has 0 spiro atoms. The molecule has 2 N–H and O–H groups in total. The molecule has 1 aliphatic heterocycles. The largest absolute Gasteiger partial charge is 0.465 e. The van der Waals surface area contributed by atoms with Gasteiger partial charge < -0.3 is 24.6 Å². The maximum Gasteiger partial charge on any atom is 0.404 e. The second kappa shape index (κ2) is 6.32. The molecule has 0 fully saturated rings. The van der Waals surface area contributed by atoms with E-state index in [-0.39, 0.29) is 24.6 Å². The number of nitrogens with zero attached hydrogens (tertiary/aromatic N) is 1. The number of benzene rings is 2. The van der Waals surface area contributed by atoms with Crippen LogP contribution in [0.1, 0.15) is 5.56 Å². The van der Waals surface area contributed by atoms with Crippen LogP contribution in [0.5, 0.6) is 23.0 Å². The van der Waals surface area contributed by atoms with Crippen molar-refractivity contribution in [2.75, 3.05) is 6.79 Å². The highest BCUT2D eigenvalue weighted by Crippen LogP contribution is 2.37. The lowest BCUT2D eigenvalue weighted by Crippen LogP contribution is -2.20. The molecule has 0 atom stereocenters. The standard InChI is InChI=1S/C15H12N2O7/c18-15(19)16-7-9-5-10(1-3-12(9)17(20)21)24-11-2-4-13-14(6-11)23-8-22-13/h1-6,16H,7-8H2,(H,18,19). The number of carboxylic acid groups (broad SMARTS) is 1. The van der Waals surface area contributed by atoms with E-state index in [0.717, 1.165) is 0 Å². The van der Waals surface area contributed by atoms with Gasteiger partial charge in [-0.25, -0.2) is 4.79 Å². The molecule has 2 aromatic carbocycles. The summed E-state index contributed by atoms with van der Waals surface area (Å²) in [5.41, 5.74) is 0.00225. The normalized spacial score (nSPS) is 11.8. The van der Waals surface area contributed by atoms with Crippen molar-refractivity contribution < 1.29 is 29.0 Å². The van der Waals surface area contributed by atoms with E-state index < -0.39 is 11.0 Å². The number of rotatable bonds is 5. The third kappa shape index (κ3) is 3.29. The first kappa shape index (κ1) is 15.4. The number of fused-ring (bicyclic) bond motifs is 1. The molecular weight excluding hydrogens is 320 g/mol. The first-order valence-corrected chi connectivity index (χ1v) is 6.84. The van der Waals surface area contributed by atoms with Gasteiger partial charge in [-0.1, -0.05) is 0 Å². The van der Waals surface area contributed by atoms with Crippen LogP contribution in [-0.2, 0) is 6.54 Å². The fraction of sp³-hybridized carbons (Fsp3) is 0.133. The second-order valence-corrected chi connectivity index (χ2v) is 4.82. The van der Waals surface area contributed by atoms with Crippen molar-refractivity contribution in [3.05, 3.63) is 52.1 Å². The first-order chi connectivity index (χ1) is 11.5. The number of nitro groups is 1. The van der Waals surface area contributed by atoms with E-state index >= 15 is 0 Å². The Morgan fingerprint density at radius 3 is 2.67 bits per heavy atom. The number of carbonyl (C=O) groups is 1. The van der Waals surface area contributed by atoms with Crippen molar-refractivity contribution in [1.82, 2.24) is 5.32 Å². The minimum Gasteiger partial charge on any atom is -0.465 e. The van der Waals surface area contributed by atoms with Gasteiger partial charge >= 0.3 is 6.09 Å². The number of amides is 1. The van der Waals surface area contributed by atoms with E-state index in [1.54, 1.807) is 18.2 Å². The van der Waals surface area contributed by atoms with Gasteiger partial charge in [-0.15, -0.1) is 0 Å². The molecular formula is C15H12N2O7. The topological polar surface area (TPSA) is 120 Å². The number of nitrogens with one attached hydrogen (secondary N) is 1. The summed E-state index contributed by atoms with van der Waals surface area (Å²) in [5, 5.41) is 21.8. The van der Waals surface area contributed by atoms with Crippen molar-refractivity contribution >= 4 is 11.8 Å². The summed E-state index contributed by atoms with van der Waals surface area (Å²) in [6.07, 6.45) is -1.27. The second-order valence-electron chi connectivity index (χ2n) is 4.82. The van der Waals surface area contributed by atoms with E-state index in [1.807, 2.05) is 0 Å². The molecule has 1 amide bonds. The van der Waals surface area contributed by atoms with Crippen LogP contribution in [0.25, 0.3) is 0 Å². The summed E-state index contributed by atoms with van der Waals surface area (Å²) < 4.78 is 16.1. The van der Waals surface area contributed by atoms with Gasteiger partial charge in [0.2, 0.25) is 6.79 Å². The predicted octanol–water partition coefficient (Wildman–Crippen LogP) is 2.88. The molecule has 0 aromatic heterocycles. The molecule has 0 saturated heterocycles. The van der Waals surface area contributed by atoms with Crippen LogP contribution < -0.4 is 19.5 Å². The van der Waals surface area contributed by atoms with E-state index in [2.05, 4.69) is 5.32 Å². The first-order valence-electron chi connectivity index (χ1n) is 6.84. The third-order valence-electron chi connectivity index (χ3n) is 3.26. The highest BCUT2D eigenvalue weighted by molar-refractivity contribution is 5.65. The minimum atomic E-state index is -1.27. The Morgan fingerprint density at radius 1 is 1.21 bits per heavy atom. The lowest BCUT2D eigenvalue weighted by Gasteiger charge is -2.09. The molecule has 1 aliphatic rings. The predicted molar refractivity (Wildman–Crippen MR) is 80.6 cm³/mol. The Hall–Kier alpha value is -3.49. The fourth-order valence-electron chi connectivity index (χ4n) is 2.19. The van der Waals surface area contributed by atoms with E-state index in [1.165, 1.54) is 18.2 Å². The summed E-state index contributed by atoms with van der Waals surface area (Å²) in [6.45, 7) is -0.0642. The van der Waals surface area contributed by atoms with Gasteiger partial charge in [0.15, 0.2) is 11.5 Å². The molecule has 124 valence electrons. The average molecular weight is 332 g/mol. The highest BCUT2D eigenvalue weighted by atomic mass is 16.7. The molecule has 3 rings (SSSR count). The summed E-state index contributed by atoms with van der Waals surface area (Å²) in [5.74, 6) is 1.95. The molecule has 0 aliphatic carbocycles. The fourth-order valence-corrected chi connectivity index (χ4v) is 2.19. The molecule has 0 bridgehead atoms. The van der Waals surface area contributed by atoms with Crippen molar-refractivity contribution in [3.8, 4) is 23.0 Å². The summed E-state index contributed by atoms with van der Waals surface area (Å²) >= 11 is 0. The van der Waals surface area contributed by atoms with Crippen LogP contribution in [-0.4, -0.2) is 22.9 Å². The van der Waals surface area contributed by atoms with Crippen LogP contribution in [0.2, 0.25) is 0 Å². The minimum absolute atomic E-state index is 0.140. The molecule has 0 radical (unpaired) electrons. The van der Waals surface area contributed by atoms with Crippen LogP contribution >= 0.6 is 0 Å². The summed E-state index contributed by atoms with van der Waals surface area (Å²) in [4.78, 5) is 21.0. The van der Waals surface area contributed by atoms with Crippen LogP contribution in [0, 0.1) is 10.1 Å². The highest BCUT2D eigenvalue weighted by Gasteiger charge is 2.17. The molecule has 0 unspecified atom stereocenters. The molecule has 24 heavy (non-hydrogen) atoms. The Morgan fingerprint density at radius 2 is 1.92 bits per heavy atom. The summed E-state index contributed by atoms with van der Waals surface area (Å²) in [7, 11) is 0. The van der Waals surface area contributed by atoms with Crippen molar-refractivity contribution in [2.24, 2.45) is 0 Å². The Balaban J connectivity index is 1.84. The van der Waals surface area contributed by atoms with Crippen LogP contribution in [0.4, 0.5) is 10.5 Å². The van der Waals surface area contributed by atoms with Gasteiger partial charge in [0, 0.05) is 12.1 Å². The molecule has 1 heterocycles. The molecule has 9 nitrogen and oxygen atoms in total. The van der Waals surface area contributed by atoms with E-state index in [9.17, 15) is 14.9 Å². The number of hydrogen-bond donors (Lipinski definition) is 2. The quantitative estimate of drug-likeness (QED) is 0.638. The Bertz CT molecular complexity index is 806. The van der Waals surface area contributed by atoms with Crippen molar-refractivity contribution in [1.29, 1.82) is 0 Å². The molecule has 2 aromatic rings. The maximum atomic E-state index is 11.0. The zero-order valence-corrected chi connectivity index (χ0v) is 12.2. The van der Waals surface area contributed by atoms with Gasteiger partial charge in [0.05, 0.1) is 17.0 Å². The Kier molecular flexibility index (Phi) is 4.06. The smallest absolute Gasteiger partial charge is 0.404 e. The van der Waals surface area contributed by atoms with Gasteiger partial charge in [-0.3, -0.25) is 10.1 Å². The zero-order valence-electron chi connectivity index (χ0n) is 12.2. The molecule has 9 heteroatoms. The van der Waals surface area contributed by atoms with E-state index in [0.29, 0.717) is 23.0 Å². The van der Waals surface area contributed by atoms with Crippen molar-refractivity contribution in [3.63, 3.8) is 0 Å². The van der Waals surface area contributed by atoms with Gasteiger partial charge in [-0.05, 0) is 24.3 Å². The number of hydrogen-bond acceptors (Lipinski definition) is 6. The zero-order chi connectivity index (χ0) is 17.1. The SMILES string of the molecule is O=C(O)NCc1cc(Oc2ccc3c(c2)OCO3)ccc1[N+](=O)[O-]. The van der Waals surface area contributed by atoms with Crippen LogP contribution in [0.15, 0.2) is 36.4 Å². The van der Waals surface area contributed by atoms with Gasteiger partial charge in [0.25, 0.3) is 5.69 Å². The lowest BCUT2D eigenvalue weighted by atomic mass is 10.1. The van der Waals surface area contributed by atoms with E-state index in [4.69, 9.17) is 19.3 Å². The monoisotopic (exact) mass is 332 g/mol. The average Bonchev–Trinajstić information content (AvgIpc) is 3.00. The Labute approximate surface area is 135 Å². The van der Waals surface area contributed by atoms with Gasteiger partial charge in [-0.2, -0.15) is 0 Å². The summed E-state index contributed by atoms with van der Waals surface area (Å²) in [6, 6.07) is 9.12. The third-order valence-corrected chi connectivity index (χ3v) is 3.26. The number of ether oxygens (including phenoxy) is 3. The van der Waals surface area contributed by atoms with Crippen LogP contribution in [0.3, 0.4) is 0 Å². The maximum absolute atomic E-state index is 11.0. The molecule has 0 saturated carbocycles. The lowest BCUT2D eigenvalue weighted by molar-refractivity contribution is -0.385.